The first-order valence-corrected chi connectivity index (χ1v) is 9.64. The van der Waals surface area contributed by atoms with E-state index in [1.807, 2.05) is 0 Å². The molecule has 1 aliphatic heterocycles. The molecule has 0 aromatic rings. The molecular weight excluding hydrogens is 431 g/mol. The van der Waals surface area contributed by atoms with Crippen LogP contribution in [0, 0.1) is 0 Å². The van der Waals surface area contributed by atoms with Crippen LogP contribution >= 0.6 is 24.0 Å². The third-order valence-electron chi connectivity index (χ3n) is 4.76. The van der Waals surface area contributed by atoms with Gasteiger partial charge >= 0.3 is 0 Å². The lowest BCUT2D eigenvalue weighted by Crippen LogP contribution is -2.40. The van der Waals surface area contributed by atoms with Crippen molar-refractivity contribution >= 4 is 29.9 Å². The van der Waals surface area contributed by atoms with Crippen LogP contribution in [0.4, 0.5) is 0 Å². The van der Waals surface area contributed by atoms with E-state index >= 15 is 0 Å². The Hall–Kier alpha value is -0.120. The number of aliphatic imine (C=N–C) groups is 1. The average molecular weight is 468 g/mol. The maximum absolute atomic E-state index is 5.69. The Kier molecular flexibility index (Phi) is 12.0. The van der Waals surface area contributed by atoms with E-state index in [-0.39, 0.29) is 24.0 Å². The van der Waals surface area contributed by atoms with Gasteiger partial charge in [0.25, 0.3) is 0 Å². The molecule has 0 radical (unpaired) electrons. The smallest absolute Gasteiger partial charge is 0.191 e. The highest BCUT2D eigenvalue weighted by Crippen LogP contribution is 2.26. The van der Waals surface area contributed by atoms with Gasteiger partial charge in [-0.15, -0.1) is 24.0 Å². The first kappa shape index (κ1) is 22.9. The summed E-state index contributed by atoms with van der Waals surface area (Å²) in [6.07, 6.45) is 6.30. The van der Waals surface area contributed by atoms with Gasteiger partial charge in [0.05, 0.1) is 19.3 Å². The molecule has 0 spiro atoms. The van der Waals surface area contributed by atoms with Crippen LogP contribution in [0.25, 0.3) is 0 Å². The molecule has 1 aliphatic carbocycles. The Labute approximate surface area is 170 Å². The normalized spacial score (nSPS) is 21.9. The van der Waals surface area contributed by atoms with E-state index in [9.17, 15) is 0 Å². The van der Waals surface area contributed by atoms with Gasteiger partial charge in [-0.25, -0.2) is 0 Å². The number of halogens is 1. The van der Waals surface area contributed by atoms with Crippen molar-refractivity contribution < 1.29 is 9.47 Å². The van der Waals surface area contributed by atoms with Gasteiger partial charge in [-0.05, 0) is 53.0 Å². The maximum atomic E-state index is 5.69. The lowest BCUT2D eigenvalue weighted by atomic mass is 10.2. The van der Waals surface area contributed by atoms with E-state index in [0.29, 0.717) is 12.1 Å². The average Bonchev–Trinajstić information content (AvgIpc) is 3.31. The van der Waals surface area contributed by atoms with E-state index in [2.05, 4.69) is 36.4 Å². The highest BCUT2D eigenvalue weighted by molar-refractivity contribution is 14.0. The number of likely N-dealkylation sites (N-methyl/N-ethyl adjacent to an activating group) is 1. The number of ether oxygens (including phenoxy) is 2. The van der Waals surface area contributed by atoms with Crippen molar-refractivity contribution in [3.05, 3.63) is 0 Å². The van der Waals surface area contributed by atoms with E-state index in [4.69, 9.17) is 14.5 Å². The van der Waals surface area contributed by atoms with Crippen molar-refractivity contribution in [1.82, 2.24) is 15.5 Å². The molecule has 148 valence electrons. The minimum absolute atomic E-state index is 0. The Morgan fingerprint density at radius 3 is 2.76 bits per heavy atom. The quantitative estimate of drug-likeness (QED) is 0.211. The van der Waals surface area contributed by atoms with E-state index in [0.717, 1.165) is 64.3 Å². The molecule has 2 N–H and O–H groups in total. The molecule has 0 aromatic carbocycles. The van der Waals surface area contributed by atoms with E-state index < -0.39 is 0 Å². The largest absolute Gasteiger partial charge is 0.379 e. The molecule has 2 unspecified atom stereocenters. The molecule has 6 nitrogen and oxygen atoms in total. The maximum Gasteiger partial charge on any atom is 0.191 e. The summed E-state index contributed by atoms with van der Waals surface area (Å²) in [4.78, 5) is 7.17. The second-order valence-corrected chi connectivity index (χ2v) is 6.96. The second kappa shape index (κ2) is 13.1. The first-order valence-electron chi connectivity index (χ1n) is 9.64. The molecule has 1 saturated heterocycles. The Morgan fingerprint density at radius 1 is 1.32 bits per heavy atom. The molecule has 0 amide bonds. The molecule has 7 heteroatoms. The third-order valence-corrected chi connectivity index (χ3v) is 4.76. The van der Waals surface area contributed by atoms with Gasteiger partial charge in [0, 0.05) is 38.4 Å². The number of hydrogen-bond acceptors (Lipinski definition) is 4. The van der Waals surface area contributed by atoms with Gasteiger partial charge in [-0.2, -0.15) is 0 Å². The minimum atomic E-state index is 0. The van der Waals surface area contributed by atoms with Crippen molar-refractivity contribution in [1.29, 1.82) is 0 Å². The van der Waals surface area contributed by atoms with Crippen LogP contribution in [-0.2, 0) is 9.47 Å². The Bertz CT molecular complexity index is 374. The molecule has 2 rings (SSSR count). The summed E-state index contributed by atoms with van der Waals surface area (Å²) < 4.78 is 11.2. The zero-order valence-corrected chi connectivity index (χ0v) is 18.5. The van der Waals surface area contributed by atoms with Crippen molar-refractivity contribution in [2.45, 2.75) is 64.1 Å². The summed E-state index contributed by atoms with van der Waals surface area (Å²) in [5, 5.41) is 6.71. The van der Waals surface area contributed by atoms with E-state index in [1.54, 1.807) is 0 Å². The summed E-state index contributed by atoms with van der Waals surface area (Å²) in [6.45, 7) is 9.35. The Balaban J connectivity index is 0.00000312. The SMILES string of the molecule is CCNC(=NCC(C)N(C)C1CC1)NCCCOCC1CCCO1.I. The van der Waals surface area contributed by atoms with Crippen molar-refractivity contribution in [2.24, 2.45) is 4.99 Å². The van der Waals surface area contributed by atoms with Crippen LogP contribution in [0.5, 0.6) is 0 Å². The zero-order valence-electron chi connectivity index (χ0n) is 16.1. The van der Waals surface area contributed by atoms with Crippen molar-refractivity contribution in [2.75, 3.05) is 46.5 Å². The van der Waals surface area contributed by atoms with Crippen LogP contribution in [0.15, 0.2) is 4.99 Å². The summed E-state index contributed by atoms with van der Waals surface area (Å²) in [7, 11) is 2.21. The van der Waals surface area contributed by atoms with Gasteiger partial charge in [0.1, 0.15) is 0 Å². The van der Waals surface area contributed by atoms with Crippen LogP contribution in [0.1, 0.15) is 46.0 Å². The fourth-order valence-corrected chi connectivity index (χ4v) is 2.91. The fourth-order valence-electron chi connectivity index (χ4n) is 2.91. The highest BCUT2D eigenvalue weighted by Gasteiger charge is 2.28. The van der Waals surface area contributed by atoms with Gasteiger partial charge in [0.15, 0.2) is 5.96 Å². The molecule has 2 aliphatic rings. The number of nitrogens with zero attached hydrogens (tertiary/aromatic N) is 2. The first-order chi connectivity index (χ1) is 11.7. The summed E-state index contributed by atoms with van der Waals surface area (Å²) in [5.74, 6) is 0.910. The molecule has 2 fully saturated rings. The van der Waals surface area contributed by atoms with Crippen LogP contribution in [0.3, 0.4) is 0 Å². The minimum Gasteiger partial charge on any atom is -0.379 e. The highest BCUT2D eigenvalue weighted by atomic mass is 127. The number of rotatable bonds is 11. The molecule has 25 heavy (non-hydrogen) atoms. The third kappa shape index (κ3) is 9.40. The second-order valence-electron chi connectivity index (χ2n) is 6.96. The van der Waals surface area contributed by atoms with Crippen LogP contribution in [-0.4, -0.2) is 75.5 Å². The van der Waals surface area contributed by atoms with Crippen LogP contribution < -0.4 is 10.6 Å². The van der Waals surface area contributed by atoms with Gasteiger partial charge in [0.2, 0.25) is 0 Å². The summed E-state index contributed by atoms with van der Waals surface area (Å²) in [6, 6.07) is 1.27. The molecule has 2 atom stereocenters. The lowest BCUT2D eigenvalue weighted by molar-refractivity contribution is 0.0168. The molecule has 1 heterocycles. The number of hydrogen-bond donors (Lipinski definition) is 2. The van der Waals surface area contributed by atoms with Crippen molar-refractivity contribution in [3.8, 4) is 0 Å². The molecule has 0 aromatic heterocycles. The molecular formula is C18H37IN4O2. The summed E-state index contributed by atoms with van der Waals surface area (Å²) in [5.41, 5.74) is 0. The van der Waals surface area contributed by atoms with Gasteiger partial charge in [-0.1, -0.05) is 0 Å². The predicted molar refractivity (Wildman–Crippen MR) is 114 cm³/mol. The topological polar surface area (TPSA) is 58.1 Å². The monoisotopic (exact) mass is 468 g/mol. The zero-order chi connectivity index (χ0) is 17.2. The lowest BCUT2D eigenvalue weighted by Gasteiger charge is -2.23. The molecule has 0 bridgehead atoms. The molecule has 1 saturated carbocycles. The van der Waals surface area contributed by atoms with Gasteiger partial charge < -0.3 is 20.1 Å². The van der Waals surface area contributed by atoms with E-state index in [1.165, 1.54) is 19.3 Å². The summed E-state index contributed by atoms with van der Waals surface area (Å²) >= 11 is 0. The standard InChI is InChI=1S/C18H36N4O2.HI/c1-4-19-18(21-13-15(2)22(3)16-8-9-16)20-10-6-11-23-14-17-7-5-12-24-17;/h15-17H,4-14H2,1-3H3,(H2,19,20,21);1H. The van der Waals surface area contributed by atoms with Crippen molar-refractivity contribution in [3.63, 3.8) is 0 Å². The fraction of sp³-hybridized carbons (Fsp3) is 0.944. The number of guanidine groups is 1. The Morgan fingerprint density at radius 2 is 2.12 bits per heavy atom. The van der Waals surface area contributed by atoms with Crippen LogP contribution in [0.2, 0.25) is 0 Å². The number of nitrogens with one attached hydrogen (secondary N) is 2. The van der Waals surface area contributed by atoms with Gasteiger partial charge in [-0.3, -0.25) is 9.89 Å². The predicted octanol–water partition coefficient (Wildman–Crippen LogP) is 2.23.